The van der Waals surface area contributed by atoms with E-state index in [0.717, 1.165) is 32.0 Å². The molecule has 1 heterocycles. The van der Waals surface area contributed by atoms with E-state index in [4.69, 9.17) is 0 Å². The summed E-state index contributed by atoms with van der Waals surface area (Å²) in [5.74, 6) is 0.933. The summed E-state index contributed by atoms with van der Waals surface area (Å²) in [6, 6.07) is -0.0126. The molecule has 0 aliphatic carbocycles. The molecule has 0 aromatic heterocycles. The van der Waals surface area contributed by atoms with Gasteiger partial charge in [-0.25, -0.2) is 0 Å². The standard InChI is InChI=1S/C15H31N3O/c1-6-15(3,4)17-14(19)12(2)18-9-7-13(8-10-18)11-16-5/h12-13,16H,6-11H2,1-5H3,(H,17,19). The van der Waals surface area contributed by atoms with Crippen molar-refractivity contribution in [1.82, 2.24) is 15.5 Å². The third-order valence-corrected chi connectivity index (χ3v) is 4.41. The summed E-state index contributed by atoms with van der Waals surface area (Å²) < 4.78 is 0. The first-order valence-corrected chi connectivity index (χ1v) is 7.60. The van der Waals surface area contributed by atoms with E-state index < -0.39 is 0 Å². The van der Waals surface area contributed by atoms with Crippen LogP contribution in [0.15, 0.2) is 0 Å². The van der Waals surface area contributed by atoms with Crippen LogP contribution >= 0.6 is 0 Å². The summed E-state index contributed by atoms with van der Waals surface area (Å²) in [7, 11) is 2.01. The SMILES string of the molecule is CCC(C)(C)NC(=O)C(C)N1CCC(CNC)CC1. The second-order valence-corrected chi connectivity index (χ2v) is 6.44. The lowest BCUT2D eigenvalue weighted by molar-refractivity contribution is -0.128. The van der Waals surface area contributed by atoms with Crippen LogP contribution in [0.1, 0.15) is 47.0 Å². The van der Waals surface area contributed by atoms with Gasteiger partial charge in [0.25, 0.3) is 0 Å². The maximum absolute atomic E-state index is 12.3. The van der Waals surface area contributed by atoms with Crippen LogP contribution < -0.4 is 10.6 Å². The number of carbonyl (C=O) groups is 1. The lowest BCUT2D eigenvalue weighted by Crippen LogP contribution is -2.53. The summed E-state index contributed by atoms with van der Waals surface area (Å²) in [5, 5.41) is 6.39. The Balaban J connectivity index is 2.42. The smallest absolute Gasteiger partial charge is 0.237 e. The molecule has 0 spiro atoms. The highest BCUT2D eigenvalue weighted by atomic mass is 16.2. The van der Waals surface area contributed by atoms with E-state index in [2.05, 4.69) is 36.3 Å². The van der Waals surface area contributed by atoms with Crippen molar-refractivity contribution in [3.05, 3.63) is 0 Å². The van der Waals surface area contributed by atoms with E-state index in [1.165, 1.54) is 12.8 Å². The quantitative estimate of drug-likeness (QED) is 0.770. The fourth-order valence-electron chi connectivity index (χ4n) is 2.53. The third kappa shape index (κ3) is 5.11. The summed E-state index contributed by atoms with van der Waals surface area (Å²) in [6.07, 6.45) is 3.33. The molecule has 1 unspecified atom stereocenters. The molecule has 19 heavy (non-hydrogen) atoms. The van der Waals surface area contributed by atoms with Crippen LogP contribution in [0.25, 0.3) is 0 Å². The van der Waals surface area contributed by atoms with Gasteiger partial charge in [0.05, 0.1) is 6.04 Å². The first-order valence-electron chi connectivity index (χ1n) is 7.60. The predicted octanol–water partition coefficient (Wildman–Crippen LogP) is 1.61. The number of hydrogen-bond donors (Lipinski definition) is 2. The van der Waals surface area contributed by atoms with Crippen molar-refractivity contribution in [2.75, 3.05) is 26.7 Å². The Hall–Kier alpha value is -0.610. The molecule has 1 amide bonds. The second-order valence-electron chi connectivity index (χ2n) is 6.44. The maximum Gasteiger partial charge on any atom is 0.237 e. The number of carbonyl (C=O) groups excluding carboxylic acids is 1. The number of hydrogen-bond acceptors (Lipinski definition) is 3. The number of nitrogens with one attached hydrogen (secondary N) is 2. The van der Waals surface area contributed by atoms with Crippen molar-refractivity contribution in [3.8, 4) is 0 Å². The minimum atomic E-state index is -0.101. The summed E-state index contributed by atoms with van der Waals surface area (Å²) >= 11 is 0. The molecule has 1 saturated heterocycles. The van der Waals surface area contributed by atoms with Crippen molar-refractivity contribution >= 4 is 5.91 Å². The fourth-order valence-corrected chi connectivity index (χ4v) is 2.53. The molecule has 1 rings (SSSR count). The van der Waals surface area contributed by atoms with Gasteiger partial charge in [0.2, 0.25) is 5.91 Å². The van der Waals surface area contributed by atoms with Crippen LogP contribution in [0, 0.1) is 5.92 Å². The van der Waals surface area contributed by atoms with Crippen LogP contribution in [-0.4, -0.2) is 49.1 Å². The monoisotopic (exact) mass is 269 g/mol. The number of nitrogens with zero attached hydrogens (tertiary/aromatic N) is 1. The van der Waals surface area contributed by atoms with E-state index in [-0.39, 0.29) is 17.5 Å². The van der Waals surface area contributed by atoms with Gasteiger partial charge >= 0.3 is 0 Å². The molecular formula is C15H31N3O. The lowest BCUT2D eigenvalue weighted by atomic mass is 9.95. The van der Waals surface area contributed by atoms with Gasteiger partial charge in [-0.3, -0.25) is 9.69 Å². The number of piperidine rings is 1. The van der Waals surface area contributed by atoms with Crippen molar-refractivity contribution in [3.63, 3.8) is 0 Å². The molecule has 1 aliphatic heterocycles. The molecule has 0 radical (unpaired) electrons. The van der Waals surface area contributed by atoms with Gasteiger partial charge in [-0.15, -0.1) is 0 Å². The molecule has 0 saturated carbocycles. The highest BCUT2D eigenvalue weighted by Gasteiger charge is 2.28. The van der Waals surface area contributed by atoms with Crippen LogP contribution in [0.5, 0.6) is 0 Å². The van der Waals surface area contributed by atoms with Crippen molar-refractivity contribution in [2.24, 2.45) is 5.92 Å². The van der Waals surface area contributed by atoms with Gasteiger partial charge in [0.15, 0.2) is 0 Å². The first-order chi connectivity index (χ1) is 8.89. The Labute approximate surface area is 118 Å². The van der Waals surface area contributed by atoms with Crippen LogP contribution in [0.3, 0.4) is 0 Å². The maximum atomic E-state index is 12.3. The molecule has 0 bridgehead atoms. The molecule has 1 aliphatic rings. The van der Waals surface area contributed by atoms with E-state index in [1.807, 2.05) is 14.0 Å². The molecule has 2 N–H and O–H groups in total. The summed E-state index contributed by atoms with van der Waals surface area (Å²) in [5.41, 5.74) is -0.101. The minimum absolute atomic E-state index is 0.0126. The molecule has 1 atom stereocenters. The van der Waals surface area contributed by atoms with Gasteiger partial charge in [0.1, 0.15) is 0 Å². The fraction of sp³-hybridized carbons (Fsp3) is 0.933. The molecule has 4 heteroatoms. The third-order valence-electron chi connectivity index (χ3n) is 4.41. The second kappa shape index (κ2) is 7.25. The molecule has 112 valence electrons. The van der Waals surface area contributed by atoms with Gasteiger partial charge in [-0.2, -0.15) is 0 Å². The Bertz CT molecular complexity index is 283. The highest BCUT2D eigenvalue weighted by Crippen LogP contribution is 2.19. The topological polar surface area (TPSA) is 44.4 Å². The van der Waals surface area contributed by atoms with Crippen molar-refractivity contribution in [1.29, 1.82) is 0 Å². The van der Waals surface area contributed by atoms with E-state index in [0.29, 0.717) is 0 Å². The van der Waals surface area contributed by atoms with E-state index in [9.17, 15) is 4.79 Å². The van der Waals surface area contributed by atoms with Gasteiger partial charge < -0.3 is 10.6 Å². The Morgan fingerprint density at radius 2 is 1.95 bits per heavy atom. The zero-order chi connectivity index (χ0) is 14.5. The van der Waals surface area contributed by atoms with Crippen LogP contribution in [-0.2, 0) is 4.79 Å². The summed E-state index contributed by atoms with van der Waals surface area (Å²) in [4.78, 5) is 14.6. The molecular weight excluding hydrogens is 238 g/mol. The van der Waals surface area contributed by atoms with E-state index in [1.54, 1.807) is 0 Å². The van der Waals surface area contributed by atoms with E-state index >= 15 is 0 Å². The van der Waals surface area contributed by atoms with Crippen molar-refractivity contribution < 1.29 is 4.79 Å². The first kappa shape index (κ1) is 16.4. The predicted molar refractivity (Wildman–Crippen MR) is 80.2 cm³/mol. The average molecular weight is 269 g/mol. The molecule has 0 aromatic carbocycles. The highest BCUT2D eigenvalue weighted by molar-refractivity contribution is 5.82. The van der Waals surface area contributed by atoms with Crippen molar-refractivity contribution in [2.45, 2.75) is 58.5 Å². The summed E-state index contributed by atoms with van der Waals surface area (Å²) in [6.45, 7) is 11.5. The number of likely N-dealkylation sites (tertiary alicyclic amines) is 1. The molecule has 1 fully saturated rings. The molecule has 0 aromatic rings. The minimum Gasteiger partial charge on any atom is -0.350 e. The Kier molecular flexibility index (Phi) is 6.27. The number of amides is 1. The van der Waals surface area contributed by atoms with Gasteiger partial charge in [0, 0.05) is 5.54 Å². The Morgan fingerprint density at radius 3 is 2.42 bits per heavy atom. The Morgan fingerprint density at radius 1 is 1.37 bits per heavy atom. The van der Waals surface area contributed by atoms with Crippen LogP contribution in [0.2, 0.25) is 0 Å². The zero-order valence-corrected chi connectivity index (χ0v) is 13.3. The largest absolute Gasteiger partial charge is 0.350 e. The average Bonchev–Trinajstić information content (AvgIpc) is 2.38. The lowest BCUT2D eigenvalue weighted by Gasteiger charge is -2.36. The zero-order valence-electron chi connectivity index (χ0n) is 13.3. The number of rotatable bonds is 6. The van der Waals surface area contributed by atoms with Gasteiger partial charge in [-0.05, 0) is 72.6 Å². The van der Waals surface area contributed by atoms with Crippen LogP contribution in [0.4, 0.5) is 0 Å². The normalized spacial score (nSPS) is 20.3. The molecule has 4 nitrogen and oxygen atoms in total. The van der Waals surface area contributed by atoms with Gasteiger partial charge in [-0.1, -0.05) is 6.92 Å².